The zero-order valence-electron chi connectivity index (χ0n) is 14.6. The van der Waals surface area contributed by atoms with E-state index >= 15 is 0 Å². The second kappa shape index (κ2) is 8.03. The van der Waals surface area contributed by atoms with Crippen LogP contribution in [0.25, 0.3) is 5.82 Å². The molecule has 1 amide bonds. The highest BCUT2D eigenvalue weighted by Gasteiger charge is 2.23. The third kappa shape index (κ3) is 3.67. The van der Waals surface area contributed by atoms with E-state index in [4.69, 9.17) is 5.73 Å². The summed E-state index contributed by atoms with van der Waals surface area (Å²) in [5, 5.41) is 29.7. The van der Waals surface area contributed by atoms with Crippen LogP contribution in [-0.4, -0.2) is 42.4 Å². The number of hydrogen-bond donors (Lipinski definition) is 2. The van der Waals surface area contributed by atoms with Gasteiger partial charge in [-0.05, 0) is 22.8 Å². The van der Waals surface area contributed by atoms with Gasteiger partial charge in [0.1, 0.15) is 0 Å². The van der Waals surface area contributed by atoms with E-state index in [1.165, 1.54) is 29.1 Å². The highest BCUT2D eigenvalue weighted by atomic mass is 16.6. The molecule has 2 heterocycles. The number of nitro benzene ring substituents is 1. The molecule has 1 aromatic carbocycles. The number of benzene rings is 1. The molecule has 144 valence electrons. The summed E-state index contributed by atoms with van der Waals surface area (Å²) in [5.74, 6) is -0.512. The van der Waals surface area contributed by atoms with Crippen LogP contribution in [0.2, 0.25) is 0 Å². The summed E-state index contributed by atoms with van der Waals surface area (Å²) in [6.07, 6.45) is 2.33. The fourth-order valence-electron chi connectivity index (χ4n) is 2.42. The summed E-state index contributed by atoms with van der Waals surface area (Å²) in [6.45, 7) is 1.91. The minimum Gasteiger partial charge on any atom is -0.378 e. The second-order valence-corrected chi connectivity index (χ2v) is 5.53. The Bertz CT molecular complexity index is 1040. The summed E-state index contributed by atoms with van der Waals surface area (Å²) in [6, 6.07) is 6.00. The second-order valence-electron chi connectivity index (χ2n) is 5.53. The van der Waals surface area contributed by atoms with Crippen LogP contribution in [-0.2, 0) is 6.42 Å². The molecule has 0 spiro atoms. The first-order chi connectivity index (χ1) is 13.5. The molecule has 3 N–H and O–H groups in total. The van der Waals surface area contributed by atoms with Gasteiger partial charge in [0.25, 0.3) is 11.6 Å². The molecule has 13 heteroatoms. The summed E-state index contributed by atoms with van der Waals surface area (Å²) in [5.41, 5.74) is 8.53. The largest absolute Gasteiger partial charge is 0.378 e. The molecule has 2 aromatic heterocycles. The fraction of sp³-hybridized carbons (Fsp3) is 0.200. The number of nitrogens with two attached hydrogens (primary N) is 1. The summed E-state index contributed by atoms with van der Waals surface area (Å²) >= 11 is 0. The van der Waals surface area contributed by atoms with Crippen LogP contribution < -0.4 is 11.2 Å². The molecule has 0 unspecified atom stereocenters. The SMILES string of the molecule is CCCc1c(C(=O)N/N=C/c2ccccc2[N+](=O)[O-])nnn1-c1nonc1N. The molecule has 0 radical (unpaired) electrons. The van der Waals surface area contributed by atoms with Gasteiger partial charge in [-0.1, -0.05) is 30.7 Å². The van der Waals surface area contributed by atoms with Gasteiger partial charge >= 0.3 is 0 Å². The van der Waals surface area contributed by atoms with Crippen LogP contribution >= 0.6 is 0 Å². The molecule has 0 aliphatic carbocycles. The Kier molecular flexibility index (Phi) is 5.34. The molecular formula is C15H15N9O4. The Morgan fingerprint density at radius 3 is 2.89 bits per heavy atom. The van der Waals surface area contributed by atoms with Gasteiger partial charge in [-0.15, -0.1) is 5.10 Å². The van der Waals surface area contributed by atoms with Crippen molar-refractivity contribution in [3.63, 3.8) is 0 Å². The summed E-state index contributed by atoms with van der Waals surface area (Å²) < 4.78 is 5.83. The first kappa shape index (κ1) is 18.6. The van der Waals surface area contributed by atoms with E-state index in [0.29, 0.717) is 18.5 Å². The molecule has 0 saturated heterocycles. The van der Waals surface area contributed by atoms with Crippen molar-refractivity contribution in [1.29, 1.82) is 0 Å². The number of rotatable bonds is 7. The van der Waals surface area contributed by atoms with E-state index in [0.717, 1.165) is 0 Å². The summed E-state index contributed by atoms with van der Waals surface area (Å²) in [4.78, 5) is 22.9. The number of aromatic nitrogens is 5. The number of para-hydroxylation sites is 1. The number of hydrazone groups is 1. The smallest absolute Gasteiger partial charge is 0.293 e. The molecule has 0 saturated carbocycles. The van der Waals surface area contributed by atoms with Gasteiger partial charge in [0.2, 0.25) is 11.6 Å². The van der Waals surface area contributed by atoms with Gasteiger partial charge in [0.15, 0.2) is 5.69 Å². The van der Waals surface area contributed by atoms with Crippen molar-refractivity contribution in [2.75, 3.05) is 5.73 Å². The van der Waals surface area contributed by atoms with Gasteiger partial charge in [-0.3, -0.25) is 14.9 Å². The highest BCUT2D eigenvalue weighted by Crippen LogP contribution is 2.17. The zero-order chi connectivity index (χ0) is 20.1. The molecule has 0 bridgehead atoms. The molecule has 28 heavy (non-hydrogen) atoms. The number of hydrogen-bond acceptors (Lipinski definition) is 10. The Balaban J connectivity index is 1.83. The van der Waals surface area contributed by atoms with Crippen molar-refractivity contribution >= 4 is 23.6 Å². The van der Waals surface area contributed by atoms with Crippen LogP contribution in [0.1, 0.15) is 35.1 Å². The molecule has 0 aliphatic rings. The molecule has 3 rings (SSSR count). The highest BCUT2D eigenvalue weighted by molar-refractivity contribution is 5.94. The van der Waals surface area contributed by atoms with E-state index in [1.54, 1.807) is 6.07 Å². The van der Waals surface area contributed by atoms with E-state index in [-0.39, 0.29) is 28.6 Å². The fourth-order valence-corrected chi connectivity index (χ4v) is 2.42. The van der Waals surface area contributed by atoms with E-state index < -0.39 is 10.8 Å². The number of carbonyl (C=O) groups excluding carboxylic acids is 1. The third-order valence-electron chi connectivity index (χ3n) is 3.66. The maximum atomic E-state index is 12.5. The minimum atomic E-state index is -0.639. The zero-order valence-corrected chi connectivity index (χ0v) is 14.6. The summed E-state index contributed by atoms with van der Waals surface area (Å²) in [7, 11) is 0. The molecule has 0 fully saturated rings. The van der Waals surface area contributed by atoms with Gasteiger partial charge in [-0.25, -0.2) is 10.1 Å². The number of amides is 1. The first-order valence-corrected chi connectivity index (χ1v) is 8.12. The third-order valence-corrected chi connectivity index (χ3v) is 3.66. The lowest BCUT2D eigenvalue weighted by Crippen LogP contribution is -2.20. The average Bonchev–Trinajstić information content (AvgIpc) is 3.28. The number of nitro groups is 1. The van der Waals surface area contributed by atoms with E-state index in [2.05, 4.69) is 35.8 Å². The number of carbonyl (C=O) groups is 1. The van der Waals surface area contributed by atoms with Crippen molar-refractivity contribution in [3.8, 4) is 5.82 Å². The van der Waals surface area contributed by atoms with Crippen LogP contribution in [0.5, 0.6) is 0 Å². The van der Waals surface area contributed by atoms with Crippen LogP contribution in [0.4, 0.5) is 11.5 Å². The predicted molar refractivity (Wildman–Crippen MR) is 95.8 cm³/mol. The van der Waals surface area contributed by atoms with Gasteiger partial charge in [0.05, 0.1) is 22.4 Å². The Hall–Kier alpha value is -4.16. The van der Waals surface area contributed by atoms with Crippen molar-refractivity contribution in [3.05, 3.63) is 51.3 Å². The van der Waals surface area contributed by atoms with Crippen LogP contribution in [0.15, 0.2) is 34.0 Å². The van der Waals surface area contributed by atoms with Gasteiger partial charge < -0.3 is 5.73 Å². The van der Waals surface area contributed by atoms with Crippen molar-refractivity contribution in [2.45, 2.75) is 19.8 Å². The maximum absolute atomic E-state index is 12.5. The lowest BCUT2D eigenvalue weighted by Gasteiger charge is -2.03. The Labute approximate surface area is 157 Å². The van der Waals surface area contributed by atoms with Crippen molar-refractivity contribution in [2.24, 2.45) is 5.10 Å². The van der Waals surface area contributed by atoms with Crippen molar-refractivity contribution in [1.82, 2.24) is 30.7 Å². The van der Waals surface area contributed by atoms with E-state index in [9.17, 15) is 14.9 Å². The normalized spacial score (nSPS) is 11.0. The lowest BCUT2D eigenvalue weighted by molar-refractivity contribution is -0.385. The number of nitrogen functional groups attached to an aromatic ring is 1. The Morgan fingerprint density at radius 1 is 1.43 bits per heavy atom. The number of anilines is 1. The topological polar surface area (TPSA) is 180 Å². The van der Waals surface area contributed by atoms with Gasteiger partial charge in [0, 0.05) is 6.07 Å². The molecule has 13 nitrogen and oxygen atoms in total. The lowest BCUT2D eigenvalue weighted by atomic mass is 10.2. The van der Waals surface area contributed by atoms with Crippen molar-refractivity contribution < 1.29 is 14.3 Å². The quantitative estimate of drug-likeness (QED) is 0.338. The molecule has 3 aromatic rings. The monoisotopic (exact) mass is 385 g/mol. The number of nitrogens with one attached hydrogen (secondary N) is 1. The molecule has 0 atom stereocenters. The Morgan fingerprint density at radius 2 is 2.21 bits per heavy atom. The standard InChI is InChI=1S/C15H15N9O4/c1-2-5-11-12(18-22-23(11)14-13(16)20-28-21-14)15(25)19-17-8-9-6-3-4-7-10(9)24(26)27/h3-4,6-8H,2,5H2,1H3,(H2,16,20)(H,19,25)/b17-8+. The van der Waals surface area contributed by atoms with Crippen LogP contribution in [0, 0.1) is 10.1 Å². The van der Waals surface area contributed by atoms with E-state index in [1.807, 2.05) is 6.92 Å². The number of nitrogens with zero attached hydrogens (tertiary/aromatic N) is 7. The first-order valence-electron chi connectivity index (χ1n) is 8.12. The molecular weight excluding hydrogens is 370 g/mol. The minimum absolute atomic E-state index is 0.00335. The van der Waals surface area contributed by atoms with Gasteiger partial charge in [-0.2, -0.15) is 9.78 Å². The van der Waals surface area contributed by atoms with Crippen LogP contribution in [0.3, 0.4) is 0 Å². The molecule has 0 aliphatic heterocycles. The maximum Gasteiger partial charge on any atom is 0.293 e. The predicted octanol–water partition coefficient (Wildman–Crippen LogP) is 0.857. The average molecular weight is 385 g/mol.